The van der Waals surface area contributed by atoms with E-state index >= 15 is 0 Å². The van der Waals surface area contributed by atoms with Gasteiger partial charge in [0.15, 0.2) is 5.41 Å². The summed E-state index contributed by atoms with van der Waals surface area (Å²) in [5.74, 6) is -2.11. The number of fused-ring (bicyclic) bond motifs is 2. The Morgan fingerprint density at radius 2 is 2.07 bits per heavy atom. The average molecular weight is 188 g/mol. The van der Waals surface area contributed by atoms with Gasteiger partial charge in [0.1, 0.15) is 0 Å². The minimum absolute atomic E-state index is 0.205. The van der Waals surface area contributed by atoms with Crippen molar-refractivity contribution in [2.45, 2.75) is 6.42 Å². The van der Waals surface area contributed by atoms with E-state index in [1.807, 2.05) is 12.1 Å². The van der Waals surface area contributed by atoms with Crippen LogP contribution in [0.2, 0.25) is 0 Å². The highest BCUT2D eigenvalue weighted by Crippen LogP contribution is 2.56. The first-order chi connectivity index (χ1) is 6.65. The third-order valence-electron chi connectivity index (χ3n) is 3.29. The van der Waals surface area contributed by atoms with Gasteiger partial charge in [-0.25, -0.2) is 0 Å². The molecule has 0 saturated heterocycles. The predicted molar refractivity (Wildman–Crippen MR) is 45.5 cm³/mol. The Morgan fingerprint density at radius 1 is 1.43 bits per heavy atom. The van der Waals surface area contributed by atoms with Crippen LogP contribution in [0.5, 0.6) is 0 Å². The van der Waals surface area contributed by atoms with Crippen molar-refractivity contribution in [3.05, 3.63) is 12.2 Å². The van der Waals surface area contributed by atoms with Crippen LogP contribution in [0.3, 0.4) is 0 Å². The van der Waals surface area contributed by atoms with Crippen LogP contribution in [0.25, 0.3) is 0 Å². The summed E-state index contributed by atoms with van der Waals surface area (Å²) in [5, 5.41) is 26.9. The Kier molecular flexibility index (Phi) is 1.62. The molecule has 3 atom stereocenters. The van der Waals surface area contributed by atoms with E-state index in [0.717, 1.165) is 0 Å². The number of carboxylic acid groups (broad SMARTS) is 1. The molecule has 70 valence electrons. The zero-order valence-corrected chi connectivity index (χ0v) is 7.34. The zero-order valence-electron chi connectivity index (χ0n) is 7.34. The number of aliphatic carboxylic acids is 1. The maximum Gasteiger partial charge on any atom is 0.307 e. The molecule has 14 heavy (non-hydrogen) atoms. The minimum Gasteiger partial charge on any atom is -0.481 e. The molecule has 0 amide bonds. The normalized spacial score (nSPS) is 36.3. The number of hydrogen-bond acceptors (Lipinski definition) is 3. The van der Waals surface area contributed by atoms with E-state index in [2.05, 4.69) is 0 Å². The predicted octanol–water partition coefficient (Wildman–Crippen LogP) is 0.927. The first-order valence-corrected chi connectivity index (χ1v) is 4.39. The number of nitriles is 2. The highest BCUT2D eigenvalue weighted by atomic mass is 16.4. The Bertz CT molecular complexity index is 385. The fourth-order valence-electron chi connectivity index (χ4n) is 2.54. The second-order valence-corrected chi connectivity index (χ2v) is 3.79. The van der Waals surface area contributed by atoms with Crippen LogP contribution in [0.15, 0.2) is 12.2 Å². The van der Waals surface area contributed by atoms with Gasteiger partial charge >= 0.3 is 5.97 Å². The quantitative estimate of drug-likeness (QED) is 0.620. The molecule has 1 N–H and O–H groups in total. The summed E-state index contributed by atoms with van der Waals surface area (Å²) in [6, 6.07) is 3.97. The van der Waals surface area contributed by atoms with Gasteiger partial charge in [-0.05, 0) is 6.42 Å². The number of nitrogens with zero attached hydrogens (tertiary/aromatic N) is 2. The van der Waals surface area contributed by atoms with Crippen molar-refractivity contribution in [2.75, 3.05) is 0 Å². The number of allylic oxidation sites excluding steroid dienone is 2. The molecule has 2 rings (SSSR count). The Hall–Kier alpha value is -1.81. The van der Waals surface area contributed by atoms with Crippen LogP contribution in [-0.4, -0.2) is 11.1 Å². The van der Waals surface area contributed by atoms with Gasteiger partial charge in [-0.3, -0.25) is 4.79 Å². The van der Waals surface area contributed by atoms with Gasteiger partial charge in [0, 0.05) is 11.8 Å². The van der Waals surface area contributed by atoms with Gasteiger partial charge in [-0.1, -0.05) is 12.2 Å². The molecule has 0 radical (unpaired) electrons. The van der Waals surface area contributed by atoms with Crippen LogP contribution < -0.4 is 0 Å². The average Bonchev–Trinajstić information content (AvgIpc) is 2.69. The first kappa shape index (κ1) is 8.77. The molecule has 1 fully saturated rings. The molecule has 0 spiro atoms. The summed E-state index contributed by atoms with van der Waals surface area (Å²) in [6.45, 7) is 0. The number of rotatable bonds is 1. The summed E-state index contributed by atoms with van der Waals surface area (Å²) in [6.07, 6.45) is 3.92. The highest BCUT2D eigenvalue weighted by Gasteiger charge is 2.59. The van der Waals surface area contributed by atoms with Gasteiger partial charge in [0.2, 0.25) is 0 Å². The first-order valence-electron chi connectivity index (χ1n) is 4.39. The molecule has 0 aliphatic heterocycles. The lowest BCUT2D eigenvalue weighted by atomic mass is 9.78. The molecule has 0 heterocycles. The van der Waals surface area contributed by atoms with Crippen LogP contribution in [0.1, 0.15) is 6.42 Å². The molecule has 0 aromatic carbocycles. The monoisotopic (exact) mass is 188 g/mol. The highest BCUT2D eigenvalue weighted by molar-refractivity contribution is 5.73. The van der Waals surface area contributed by atoms with Crippen LogP contribution in [0.4, 0.5) is 0 Å². The number of carbonyl (C=O) groups is 1. The van der Waals surface area contributed by atoms with Crippen molar-refractivity contribution in [1.82, 2.24) is 0 Å². The largest absolute Gasteiger partial charge is 0.481 e. The smallest absolute Gasteiger partial charge is 0.307 e. The molecule has 2 bridgehead atoms. The minimum atomic E-state index is -1.12. The summed E-state index contributed by atoms with van der Waals surface area (Å²) in [4.78, 5) is 10.9. The second kappa shape index (κ2) is 2.59. The van der Waals surface area contributed by atoms with Gasteiger partial charge in [0.05, 0.1) is 18.1 Å². The molecule has 1 saturated carbocycles. The summed E-state index contributed by atoms with van der Waals surface area (Å²) in [5.41, 5.74) is -1.12. The van der Waals surface area contributed by atoms with Crippen molar-refractivity contribution >= 4 is 5.97 Å². The molecule has 0 aromatic rings. The third kappa shape index (κ3) is 0.781. The van der Waals surface area contributed by atoms with E-state index in [0.29, 0.717) is 6.42 Å². The topological polar surface area (TPSA) is 84.9 Å². The lowest BCUT2D eigenvalue weighted by Gasteiger charge is -2.18. The van der Waals surface area contributed by atoms with Crippen LogP contribution in [-0.2, 0) is 4.79 Å². The van der Waals surface area contributed by atoms with Gasteiger partial charge in [0.25, 0.3) is 0 Å². The Morgan fingerprint density at radius 3 is 2.43 bits per heavy atom. The van der Waals surface area contributed by atoms with Crippen molar-refractivity contribution in [2.24, 2.45) is 23.2 Å². The third-order valence-corrected chi connectivity index (χ3v) is 3.29. The summed E-state index contributed by atoms with van der Waals surface area (Å²) in [7, 11) is 0. The molecule has 4 heteroatoms. The van der Waals surface area contributed by atoms with E-state index in [4.69, 9.17) is 15.6 Å². The molecule has 0 aromatic heterocycles. The molecule has 2 aliphatic rings. The molecular formula is C10H8N2O2. The van der Waals surface area contributed by atoms with Crippen molar-refractivity contribution < 1.29 is 9.90 Å². The standard InChI is InChI=1S/C10H8N2O2/c11-4-10(5-12)6-1-2-8(10)7(3-6)9(13)14/h1-2,6-8H,3H2,(H,13,14). The number of hydrogen-bond donors (Lipinski definition) is 1. The van der Waals surface area contributed by atoms with E-state index in [1.165, 1.54) is 0 Å². The molecule has 2 aliphatic carbocycles. The van der Waals surface area contributed by atoms with Crippen molar-refractivity contribution in [3.8, 4) is 12.1 Å². The van der Waals surface area contributed by atoms with Gasteiger partial charge < -0.3 is 5.11 Å². The molecule has 4 nitrogen and oxygen atoms in total. The Labute approximate surface area is 81.1 Å². The SMILES string of the molecule is N#CC1(C#N)C2C=CC1C(C(=O)O)C2. The fourth-order valence-corrected chi connectivity index (χ4v) is 2.54. The lowest BCUT2D eigenvalue weighted by Crippen LogP contribution is -2.27. The summed E-state index contributed by atoms with van der Waals surface area (Å²) < 4.78 is 0. The van der Waals surface area contributed by atoms with Gasteiger partial charge in [-0.2, -0.15) is 10.5 Å². The zero-order chi connectivity index (χ0) is 10.3. The maximum atomic E-state index is 10.9. The van der Waals surface area contributed by atoms with E-state index in [-0.39, 0.29) is 5.92 Å². The maximum absolute atomic E-state index is 10.9. The van der Waals surface area contributed by atoms with Crippen molar-refractivity contribution in [1.29, 1.82) is 10.5 Å². The van der Waals surface area contributed by atoms with Crippen LogP contribution >= 0.6 is 0 Å². The second-order valence-electron chi connectivity index (χ2n) is 3.79. The van der Waals surface area contributed by atoms with Crippen molar-refractivity contribution in [3.63, 3.8) is 0 Å². The summed E-state index contributed by atoms with van der Waals surface area (Å²) >= 11 is 0. The fraction of sp³-hybridized carbons (Fsp3) is 0.500. The van der Waals surface area contributed by atoms with E-state index < -0.39 is 23.2 Å². The van der Waals surface area contributed by atoms with E-state index in [9.17, 15) is 4.79 Å². The van der Waals surface area contributed by atoms with Crippen LogP contribution in [0, 0.1) is 45.8 Å². The molecular weight excluding hydrogens is 180 g/mol. The Balaban J connectivity index is 2.43. The molecule has 3 unspecified atom stereocenters. The van der Waals surface area contributed by atoms with E-state index in [1.54, 1.807) is 12.2 Å². The van der Waals surface area contributed by atoms with Gasteiger partial charge in [-0.15, -0.1) is 0 Å². The lowest BCUT2D eigenvalue weighted by molar-refractivity contribution is -0.142. The number of carboxylic acids is 1.